The van der Waals surface area contributed by atoms with E-state index >= 15 is 0 Å². The van der Waals surface area contributed by atoms with Crippen molar-refractivity contribution >= 4 is 23.2 Å². The summed E-state index contributed by atoms with van der Waals surface area (Å²) < 4.78 is 9.99. The molecule has 87 heavy (non-hydrogen) atoms. The Morgan fingerprint density at radius 1 is 0.299 bits per heavy atom. The van der Waals surface area contributed by atoms with Gasteiger partial charge in [-0.25, -0.2) is 0 Å². The molecule has 0 aromatic heterocycles. The van der Waals surface area contributed by atoms with Gasteiger partial charge in [-0.3, -0.25) is 0 Å². The monoisotopic (exact) mass is 1240 g/mol. The quantitative estimate of drug-likeness (QED) is 0.0417. The third-order valence-corrected chi connectivity index (χ3v) is 16.8. The summed E-state index contributed by atoms with van der Waals surface area (Å²) in [5.41, 5.74) is 9.96. The molecule has 7 atom stereocenters. The minimum atomic E-state index is -0.0537. The van der Waals surface area contributed by atoms with E-state index in [-0.39, 0.29) is 46.0 Å². The van der Waals surface area contributed by atoms with Crippen molar-refractivity contribution in [2.24, 2.45) is 0 Å². The summed E-state index contributed by atoms with van der Waals surface area (Å²) in [6, 6.07) is 35.7. The van der Waals surface area contributed by atoms with Crippen LogP contribution in [0.4, 0.5) is 0 Å². The van der Waals surface area contributed by atoms with Gasteiger partial charge >= 0.3 is 0 Å². The van der Waals surface area contributed by atoms with Gasteiger partial charge in [0.25, 0.3) is 0 Å². The molecule has 0 saturated carbocycles. The number of rotatable bonds is 16. The van der Waals surface area contributed by atoms with Gasteiger partial charge in [0.2, 0.25) is 0 Å². The normalized spacial score (nSPS) is 12.8. The van der Waals surface area contributed by atoms with Crippen LogP contribution in [0.15, 0.2) is 121 Å². The van der Waals surface area contributed by atoms with Crippen LogP contribution < -0.4 is 9.47 Å². The Balaban J connectivity index is 0.000000508. The van der Waals surface area contributed by atoms with Crippen LogP contribution in [0.2, 0.25) is 10.0 Å². The summed E-state index contributed by atoms with van der Waals surface area (Å²) in [6.07, 6.45) is 7.45. The number of hydrogen-bond acceptors (Lipinski definition) is 11. The zero-order chi connectivity index (χ0) is 66.2. The van der Waals surface area contributed by atoms with Gasteiger partial charge in [-0.1, -0.05) is 163 Å². The van der Waals surface area contributed by atoms with Crippen LogP contribution in [0.5, 0.6) is 63.2 Å². The summed E-state index contributed by atoms with van der Waals surface area (Å²) in [5.74, 6) is 5.75. The molecule has 0 fully saturated rings. The second-order valence-corrected chi connectivity index (χ2v) is 23.3. The second-order valence-electron chi connectivity index (χ2n) is 22.4. The standard InChI is InChI=1S/C11H15ClO.2C11H16O2.C11H16O.C10H13ClO.2C10H14O2/c1-4-7(2)9-6-10(12)11(13)5-8(9)3;1-4-8(2)9-5-6-11(13-3)10(12)7-9;1-4-8(2)9-5-6-10(12)11(7-9)13-3;1-4-8(2)10-6-5-9(3)11(12)7-10;1-3-7(2)8-4-5-9(11)10(12)6-8;1-3-7(2)9-5-4-8(11)6-10(9)12;1-3-7(2)8-4-5-9(11)10(12)6-8/h5-7,13H,4H2,1-3H3;2*5-8,12H,4H2,1-3H3;5-8,12H,4H2,1-3H3;4-7,12H,3H2,1-2H3;2*4-7,11-12H,3H2,1-2H3. The van der Waals surface area contributed by atoms with Gasteiger partial charge in [-0.15, -0.1) is 0 Å². The van der Waals surface area contributed by atoms with Gasteiger partial charge in [0.1, 0.15) is 28.7 Å². The van der Waals surface area contributed by atoms with Crippen LogP contribution >= 0.6 is 23.2 Å². The Bertz CT molecular complexity index is 2970. The molecule has 0 saturated heterocycles. The fraction of sp³-hybridized carbons (Fsp3) is 0.432. The number of aromatic hydroxyl groups is 9. The van der Waals surface area contributed by atoms with Crippen molar-refractivity contribution in [2.75, 3.05) is 14.2 Å². The SMILES string of the molecule is CCC(C)c1cc(Cl)c(O)cc1C.CCC(C)c1ccc(C)c(O)c1.CCC(C)c1ccc(Cl)c(O)c1.CCC(C)c1ccc(O)c(O)c1.CCC(C)c1ccc(O)c(OC)c1.CCC(C)c1ccc(O)cc1O.CCC(C)c1ccc(OC)c(O)c1. The summed E-state index contributed by atoms with van der Waals surface area (Å²) in [7, 11) is 3.12. The number of hydrogen-bond donors (Lipinski definition) is 9. The molecule has 7 unspecified atom stereocenters. The van der Waals surface area contributed by atoms with E-state index in [0.29, 0.717) is 68.7 Å². The van der Waals surface area contributed by atoms with Crippen LogP contribution in [0.25, 0.3) is 0 Å². The zero-order valence-corrected chi connectivity index (χ0v) is 56.6. The fourth-order valence-corrected chi connectivity index (χ4v) is 8.70. The third kappa shape index (κ3) is 26.4. The highest BCUT2D eigenvalue weighted by molar-refractivity contribution is 6.32. The van der Waals surface area contributed by atoms with E-state index in [1.54, 1.807) is 68.8 Å². The lowest BCUT2D eigenvalue weighted by atomic mass is 9.94. The van der Waals surface area contributed by atoms with E-state index in [2.05, 4.69) is 96.1 Å². The van der Waals surface area contributed by atoms with Gasteiger partial charge < -0.3 is 55.4 Å². The maximum absolute atomic E-state index is 9.51. The smallest absolute Gasteiger partial charge is 0.160 e. The zero-order valence-electron chi connectivity index (χ0n) is 55.1. The number of phenolic OH excluding ortho intramolecular Hbond substituents is 9. The Kier molecular flexibility index (Phi) is 36.2. The molecule has 0 radical (unpaired) electrons. The first-order valence-corrected chi connectivity index (χ1v) is 31.3. The van der Waals surface area contributed by atoms with Gasteiger partial charge in [0.05, 0.1) is 24.3 Å². The summed E-state index contributed by atoms with van der Waals surface area (Å²) >= 11 is 11.5. The molecule has 13 heteroatoms. The van der Waals surface area contributed by atoms with Gasteiger partial charge in [-0.05, 0) is 223 Å². The maximum Gasteiger partial charge on any atom is 0.160 e. The molecule has 480 valence electrons. The average Bonchev–Trinajstić information content (AvgIpc) is 3.70. The molecule has 7 aromatic carbocycles. The summed E-state index contributed by atoms with van der Waals surface area (Å²) in [5, 5.41) is 84.6. The van der Waals surface area contributed by atoms with Gasteiger partial charge in [0.15, 0.2) is 34.5 Å². The highest BCUT2D eigenvalue weighted by Gasteiger charge is 2.13. The van der Waals surface area contributed by atoms with Gasteiger partial charge in [0, 0.05) is 6.07 Å². The van der Waals surface area contributed by atoms with Crippen LogP contribution in [0.1, 0.15) is 233 Å². The lowest BCUT2D eigenvalue weighted by Crippen LogP contribution is -1.94. The Morgan fingerprint density at radius 3 is 1.09 bits per heavy atom. The average molecular weight is 1240 g/mol. The molecule has 0 aliphatic carbocycles. The first-order chi connectivity index (χ1) is 41.0. The van der Waals surface area contributed by atoms with E-state index in [1.807, 2.05) is 69.3 Å². The first-order valence-electron chi connectivity index (χ1n) is 30.6. The molecule has 0 heterocycles. The molecule has 9 N–H and O–H groups in total. The van der Waals surface area contributed by atoms with Crippen LogP contribution in [0, 0.1) is 13.8 Å². The minimum absolute atomic E-state index is 0.0344. The van der Waals surface area contributed by atoms with Crippen molar-refractivity contribution in [3.8, 4) is 63.2 Å². The molecule has 0 bridgehead atoms. The van der Waals surface area contributed by atoms with Crippen molar-refractivity contribution in [1.82, 2.24) is 0 Å². The second kappa shape index (κ2) is 40.4. The lowest BCUT2D eigenvalue weighted by Gasteiger charge is -2.13. The number of halogens is 2. The molecule has 0 amide bonds. The highest BCUT2D eigenvalue weighted by Crippen LogP contribution is 2.36. The van der Waals surface area contributed by atoms with E-state index in [4.69, 9.17) is 42.9 Å². The molecule has 11 nitrogen and oxygen atoms in total. The van der Waals surface area contributed by atoms with Crippen molar-refractivity contribution in [1.29, 1.82) is 0 Å². The Hall–Kier alpha value is -7.08. The van der Waals surface area contributed by atoms with Crippen LogP contribution in [-0.2, 0) is 0 Å². The first kappa shape index (κ1) is 77.9. The Labute approximate surface area is 531 Å². The number of methoxy groups -OCH3 is 2. The molecular formula is C74H104Cl2O11. The molecule has 7 rings (SSSR count). The predicted octanol–water partition coefficient (Wildman–Crippen LogP) is 21.7. The molecule has 0 aliphatic heterocycles. The molecule has 0 aliphatic rings. The van der Waals surface area contributed by atoms with E-state index < -0.39 is 0 Å². The van der Waals surface area contributed by atoms with Crippen molar-refractivity contribution < 1.29 is 55.4 Å². The van der Waals surface area contributed by atoms with E-state index in [9.17, 15) is 35.7 Å². The number of aryl methyl sites for hydroxylation is 2. The van der Waals surface area contributed by atoms with E-state index in [0.717, 1.165) is 78.3 Å². The van der Waals surface area contributed by atoms with Crippen LogP contribution in [0.3, 0.4) is 0 Å². The van der Waals surface area contributed by atoms with Crippen molar-refractivity contribution in [2.45, 2.75) is 197 Å². The lowest BCUT2D eigenvalue weighted by molar-refractivity contribution is 0.372. The summed E-state index contributed by atoms with van der Waals surface area (Å²) in [4.78, 5) is 0. The number of ether oxygens (including phenoxy) is 2. The molecule has 7 aromatic rings. The highest BCUT2D eigenvalue weighted by atomic mass is 35.5. The maximum atomic E-state index is 9.51. The minimum Gasteiger partial charge on any atom is -0.508 e. The largest absolute Gasteiger partial charge is 0.508 e. The van der Waals surface area contributed by atoms with Crippen LogP contribution in [-0.4, -0.2) is 60.2 Å². The fourth-order valence-electron chi connectivity index (χ4n) is 8.41. The van der Waals surface area contributed by atoms with E-state index in [1.165, 1.54) is 28.8 Å². The predicted molar refractivity (Wildman–Crippen MR) is 364 cm³/mol. The third-order valence-electron chi connectivity index (χ3n) is 16.2. The number of benzene rings is 7. The molecule has 0 spiro atoms. The van der Waals surface area contributed by atoms with Crippen molar-refractivity contribution in [3.63, 3.8) is 0 Å². The topological polar surface area (TPSA) is 201 Å². The van der Waals surface area contributed by atoms with Gasteiger partial charge in [-0.2, -0.15) is 0 Å². The Morgan fingerprint density at radius 2 is 0.678 bits per heavy atom. The summed E-state index contributed by atoms with van der Waals surface area (Å²) in [6.45, 7) is 33.7. The molecular weight excluding hydrogens is 1140 g/mol. The van der Waals surface area contributed by atoms with Crippen molar-refractivity contribution in [3.05, 3.63) is 181 Å². The number of phenols is 9.